The Bertz CT molecular complexity index is 518. The fourth-order valence-electron chi connectivity index (χ4n) is 2.02. The van der Waals surface area contributed by atoms with Gasteiger partial charge in [-0.05, 0) is 23.6 Å². The van der Waals surface area contributed by atoms with Gasteiger partial charge in [-0.2, -0.15) is 0 Å². The van der Waals surface area contributed by atoms with Crippen molar-refractivity contribution in [1.82, 2.24) is 0 Å². The van der Waals surface area contributed by atoms with Crippen LogP contribution in [0.3, 0.4) is 0 Å². The van der Waals surface area contributed by atoms with Gasteiger partial charge in [0.05, 0.1) is 11.4 Å². The van der Waals surface area contributed by atoms with Crippen LogP contribution in [0.2, 0.25) is 0 Å². The average Bonchev–Trinajstić information content (AvgIpc) is 2.33. The van der Waals surface area contributed by atoms with E-state index in [4.69, 9.17) is 11.5 Å². The molecule has 0 aliphatic rings. The van der Waals surface area contributed by atoms with Crippen molar-refractivity contribution in [1.29, 1.82) is 0 Å². The van der Waals surface area contributed by atoms with Crippen LogP contribution < -0.4 is 11.5 Å². The third kappa shape index (κ3) is 2.41. The van der Waals surface area contributed by atoms with E-state index in [1.165, 1.54) is 5.56 Å². The predicted octanol–water partition coefficient (Wildman–Crippen LogP) is 3.47. The molecule has 2 aromatic rings. The molecule has 0 saturated heterocycles. The summed E-state index contributed by atoms with van der Waals surface area (Å²) in [5.41, 5.74) is 16.6. The molecule has 0 atom stereocenters. The zero-order valence-electron chi connectivity index (χ0n) is 10.1. The van der Waals surface area contributed by atoms with E-state index in [1.54, 1.807) is 0 Å². The summed E-state index contributed by atoms with van der Waals surface area (Å²) < 4.78 is 0. The summed E-state index contributed by atoms with van der Waals surface area (Å²) in [7, 11) is 0. The molecule has 0 radical (unpaired) electrons. The lowest BCUT2D eigenvalue weighted by Gasteiger charge is -2.09. The Morgan fingerprint density at radius 1 is 1.00 bits per heavy atom. The van der Waals surface area contributed by atoms with Crippen LogP contribution in [0.4, 0.5) is 11.4 Å². The van der Waals surface area contributed by atoms with Gasteiger partial charge in [0, 0.05) is 5.56 Å². The van der Waals surface area contributed by atoms with Gasteiger partial charge in [0.1, 0.15) is 0 Å². The molecule has 0 amide bonds. The molecule has 0 bridgehead atoms. The van der Waals surface area contributed by atoms with E-state index in [1.807, 2.05) is 18.2 Å². The lowest BCUT2D eigenvalue weighted by Crippen LogP contribution is -1.97. The first-order chi connectivity index (χ1) is 8.22. The lowest BCUT2D eigenvalue weighted by molar-refractivity contribution is 0.922. The number of benzene rings is 2. The zero-order chi connectivity index (χ0) is 12.3. The van der Waals surface area contributed by atoms with Crippen LogP contribution in [-0.2, 0) is 6.42 Å². The van der Waals surface area contributed by atoms with Crippen LogP contribution in [0.25, 0.3) is 11.1 Å². The highest BCUT2D eigenvalue weighted by atomic mass is 14.7. The van der Waals surface area contributed by atoms with Gasteiger partial charge in [-0.1, -0.05) is 49.7 Å². The highest BCUT2D eigenvalue weighted by Gasteiger charge is 2.05. The van der Waals surface area contributed by atoms with Crippen molar-refractivity contribution >= 4 is 11.4 Å². The maximum atomic E-state index is 6.01. The van der Waals surface area contributed by atoms with Crippen molar-refractivity contribution in [2.45, 2.75) is 19.8 Å². The Kier molecular flexibility index (Phi) is 3.33. The lowest BCUT2D eigenvalue weighted by atomic mass is 9.99. The smallest absolute Gasteiger partial charge is 0.0627 e. The minimum atomic E-state index is 0.642. The van der Waals surface area contributed by atoms with Gasteiger partial charge in [0.25, 0.3) is 0 Å². The summed E-state index contributed by atoms with van der Waals surface area (Å²) in [6.07, 6.45) is 2.24. The Morgan fingerprint density at radius 3 is 2.53 bits per heavy atom. The third-order valence-corrected chi connectivity index (χ3v) is 2.92. The van der Waals surface area contributed by atoms with Crippen molar-refractivity contribution in [3.8, 4) is 11.1 Å². The van der Waals surface area contributed by atoms with E-state index in [9.17, 15) is 0 Å². The Hall–Kier alpha value is -1.96. The SMILES string of the molecule is CCCc1cccc(-c2cccc(N)c2N)c1. The van der Waals surface area contributed by atoms with Crippen molar-refractivity contribution in [3.63, 3.8) is 0 Å². The number of para-hydroxylation sites is 1. The van der Waals surface area contributed by atoms with Crippen LogP contribution in [0, 0.1) is 0 Å². The molecule has 88 valence electrons. The molecule has 0 heterocycles. The maximum Gasteiger partial charge on any atom is 0.0627 e. The topological polar surface area (TPSA) is 52.0 Å². The van der Waals surface area contributed by atoms with Gasteiger partial charge in [-0.25, -0.2) is 0 Å². The minimum absolute atomic E-state index is 0.642. The fraction of sp³-hybridized carbons (Fsp3) is 0.200. The van der Waals surface area contributed by atoms with Crippen molar-refractivity contribution in [3.05, 3.63) is 48.0 Å². The molecule has 0 aromatic heterocycles. The maximum absolute atomic E-state index is 6.01. The highest BCUT2D eigenvalue weighted by Crippen LogP contribution is 2.30. The van der Waals surface area contributed by atoms with Crippen LogP contribution in [0.1, 0.15) is 18.9 Å². The monoisotopic (exact) mass is 226 g/mol. The molecule has 2 nitrogen and oxygen atoms in total. The largest absolute Gasteiger partial charge is 0.397 e. The quantitative estimate of drug-likeness (QED) is 0.787. The first-order valence-corrected chi connectivity index (χ1v) is 5.95. The van der Waals surface area contributed by atoms with Gasteiger partial charge < -0.3 is 11.5 Å². The van der Waals surface area contributed by atoms with E-state index < -0.39 is 0 Å². The van der Waals surface area contributed by atoms with Crippen LogP contribution >= 0.6 is 0 Å². The number of anilines is 2. The van der Waals surface area contributed by atoms with Crippen LogP contribution in [-0.4, -0.2) is 0 Å². The third-order valence-electron chi connectivity index (χ3n) is 2.92. The molecule has 0 saturated carbocycles. The van der Waals surface area contributed by atoms with Gasteiger partial charge in [-0.3, -0.25) is 0 Å². The van der Waals surface area contributed by atoms with Crippen LogP contribution in [0.15, 0.2) is 42.5 Å². The summed E-state index contributed by atoms with van der Waals surface area (Å²) in [5.74, 6) is 0. The molecule has 0 aliphatic carbocycles. The Morgan fingerprint density at radius 2 is 1.76 bits per heavy atom. The number of nitrogen functional groups attached to an aromatic ring is 2. The summed E-state index contributed by atoms with van der Waals surface area (Å²) in [6, 6.07) is 14.3. The van der Waals surface area contributed by atoms with Crippen molar-refractivity contribution in [2.75, 3.05) is 11.5 Å². The summed E-state index contributed by atoms with van der Waals surface area (Å²) in [5, 5.41) is 0. The molecular formula is C15H18N2. The average molecular weight is 226 g/mol. The minimum Gasteiger partial charge on any atom is -0.397 e. The molecule has 0 spiro atoms. The highest BCUT2D eigenvalue weighted by molar-refractivity contribution is 5.84. The van der Waals surface area contributed by atoms with Gasteiger partial charge in [-0.15, -0.1) is 0 Å². The molecule has 0 fully saturated rings. The van der Waals surface area contributed by atoms with Gasteiger partial charge in [0.2, 0.25) is 0 Å². The van der Waals surface area contributed by atoms with Crippen molar-refractivity contribution < 1.29 is 0 Å². The van der Waals surface area contributed by atoms with E-state index >= 15 is 0 Å². The van der Waals surface area contributed by atoms with Gasteiger partial charge in [0.15, 0.2) is 0 Å². The molecule has 17 heavy (non-hydrogen) atoms. The number of nitrogens with two attached hydrogens (primary N) is 2. The molecule has 2 aromatic carbocycles. The number of hydrogen-bond donors (Lipinski definition) is 2. The molecular weight excluding hydrogens is 208 g/mol. The van der Waals surface area contributed by atoms with E-state index in [0.717, 1.165) is 24.0 Å². The summed E-state index contributed by atoms with van der Waals surface area (Å²) >= 11 is 0. The Labute approximate surface area is 102 Å². The molecule has 2 rings (SSSR count). The number of aryl methyl sites for hydroxylation is 1. The molecule has 0 aliphatic heterocycles. The second-order valence-corrected chi connectivity index (χ2v) is 4.26. The van der Waals surface area contributed by atoms with Crippen molar-refractivity contribution in [2.24, 2.45) is 0 Å². The van der Waals surface area contributed by atoms with E-state index in [2.05, 4.69) is 31.2 Å². The zero-order valence-corrected chi connectivity index (χ0v) is 10.1. The second-order valence-electron chi connectivity index (χ2n) is 4.26. The fourth-order valence-corrected chi connectivity index (χ4v) is 2.02. The standard InChI is InChI=1S/C15H18N2/c1-2-5-11-6-3-7-12(10-11)13-8-4-9-14(16)15(13)17/h3-4,6-10H,2,5,16-17H2,1H3. The second kappa shape index (κ2) is 4.91. The number of rotatable bonds is 3. The normalized spacial score (nSPS) is 10.4. The van der Waals surface area contributed by atoms with E-state index in [0.29, 0.717) is 11.4 Å². The number of hydrogen-bond acceptors (Lipinski definition) is 2. The summed E-state index contributed by atoms with van der Waals surface area (Å²) in [6.45, 7) is 2.18. The predicted molar refractivity (Wildman–Crippen MR) is 74.7 cm³/mol. The van der Waals surface area contributed by atoms with Crippen LogP contribution in [0.5, 0.6) is 0 Å². The first kappa shape index (κ1) is 11.5. The first-order valence-electron chi connectivity index (χ1n) is 5.95. The molecule has 0 unspecified atom stereocenters. The summed E-state index contributed by atoms with van der Waals surface area (Å²) in [4.78, 5) is 0. The van der Waals surface area contributed by atoms with Gasteiger partial charge >= 0.3 is 0 Å². The molecule has 2 heteroatoms. The molecule has 4 N–H and O–H groups in total. The van der Waals surface area contributed by atoms with E-state index in [-0.39, 0.29) is 0 Å². The Balaban J connectivity index is 2.45.